The minimum absolute atomic E-state index is 0.546. The van der Waals surface area contributed by atoms with E-state index in [-0.39, 0.29) is 0 Å². The third-order valence-electron chi connectivity index (χ3n) is 4.44. The van der Waals surface area contributed by atoms with Crippen molar-refractivity contribution in [2.24, 2.45) is 0 Å². The maximum atomic E-state index is 5.79. The smallest absolute Gasteiger partial charge is 0.205 e. The first-order chi connectivity index (χ1) is 11.3. The summed E-state index contributed by atoms with van der Waals surface area (Å²) in [6.45, 7) is 2.05. The second-order valence-corrected chi connectivity index (χ2v) is 7.00. The molecule has 0 radical (unpaired) electrons. The molecule has 120 valence electrons. The lowest BCUT2D eigenvalue weighted by molar-refractivity contribution is 0.332. The van der Waals surface area contributed by atoms with Crippen molar-refractivity contribution in [2.75, 3.05) is 0 Å². The van der Waals surface area contributed by atoms with Gasteiger partial charge in [0.25, 0.3) is 0 Å². The predicted molar refractivity (Wildman–Crippen MR) is 90.5 cm³/mol. The molecule has 0 unspecified atom stereocenters. The van der Waals surface area contributed by atoms with Gasteiger partial charge in [-0.25, -0.2) is 4.98 Å². The molecule has 3 aromatic rings. The van der Waals surface area contributed by atoms with Gasteiger partial charge >= 0.3 is 0 Å². The van der Waals surface area contributed by atoms with E-state index in [9.17, 15) is 0 Å². The van der Waals surface area contributed by atoms with E-state index in [2.05, 4.69) is 19.7 Å². The zero-order valence-electron chi connectivity index (χ0n) is 13.2. The summed E-state index contributed by atoms with van der Waals surface area (Å²) in [7, 11) is 0. The summed E-state index contributed by atoms with van der Waals surface area (Å²) >= 11 is 1.66. The van der Waals surface area contributed by atoms with Gasteiger partial charge in [-0.2, -0.15) is 0 Å². The lowest BCUT2D eigenvalue weighted by Crippen LogP contribution is -2.15. The van der Waals surface area contributed by atoms with Gasteiger partial charge in [-0.3, -0.25) is 0 Å². The van der Waals surface area contributed by atoms with E-state index in [1.165, 1.54) is 32.1 Å². The van der Waals surface area contributed by atoms with Crippen LogP contribution in [0.2, 0.25) is 0 Å². The van der Waals surface area contributed by atoms with Gasteiger partial charge in [0, 0.05) is 6.04 Å². The van der Waals surface area contributed by atoms with Gasteiger partial charge < -0.3 is 8.98 Å². The number of hydrogen-bond donors (Lipinski definition) is 0. The number of rotatable bonds is 4. The molecule has 1 aliphatic carbocycles. The molecule has 1 fully saturated rings. The van der Waals surface area contributed by atoms with Crippen LogP contribution in [0, 0.1) is 6.92 Å². The summed E-state index contributed by atoms with van der Waals surface area (Å²) in [5, 5.41) is 9.64. The van der Waals surface area contributed by atoms with E-state index >= 15 is 0 Å². The molecule has 0 N–H and O–H groups in total. The molecular formula is C17H20N4OS. The summed E-state index contributed by atoms with van der Waals surface area (Å²) < 4.78 is 8.10. The van der Waals surface area contributed by atoms with Crippen molar-refractivity contribution in [2.45, 2.75) is 56.0 Å². The highest BCUT2D eigenvalue weighted by Crippen LogP contribution is 2.33. The zero-order chi connectivity index (χ0) is 15.6. The quantitative estimate of drug-likeness (QED) is 0.659. The molecule has 2 aromatic heterocycles. The zero-order valence-corrected chi connectivity index (χ0v) is 14.1. The molecule has 23 heavy (non-hydrogen) atoms. The summed E-state index contributed by atoms with van der Waals surface area (Å²) in [4.78, 5) is 4.53. The van der Waals surface area contributed by atoms with Crippen molar-refractivity contribution in [3.63, 3.8) is 0 Å². The summed E-state index contributed by atoms with van der Waals surface area (Å²) in [6.07, 6.45) is 6.42. The normalized spacial score (nSPS) is 16.2. The van der Waals surface area contributed by atoms with Crippen molar-refractivity contribution < 1.29 is 4.42 Å². The van der Waals surface area contributed by atoms with Gasteiger partial charge in [0.05, 0.1) is 5.75 Å². The Bertz CT molecular complexity index is 771. The molecule has 0 bridgehead atoms. The van der Waals surface area contributed by atoms with Gasteiger partial charge in [-0.15, -0.1) is 10.2 Å². The van der Waals surface area contributed by atoms with E-state index in [1.807, 2.05) is 31.2 Å². The van der Waals surface area contributed by atoms with Crippen molar-refractivity contribution >= 4 is 22.9 Å². The number of thioether (sulfide) groups is 1. The maximum absolute atomic E-state index is 5.79. The Morgan fingerprint density at radius 2 is 2.00 bits per heavy atom. The number of oxazole rings is 1. The molecule has 4 rings (SSSR count). The van der Waals surface area contributed by atoms with Crippen LogP contribution in [0.25, 0.3) is 11.1 Å². The standard InChI is InChI=1S/C17H20N4OS/c1-12-19-20-17(21(12)13-7-3-2-4-8-13)23-11-16-18-14-9-5-6-10-15(14)22-16/h5-6,9-10,13H,2-4,7-8,11H2,1H3. The fourth-order valence-corrected chi connectivity index (χ4v) is 4.21. The van der Waals surface area contributed by atoms with Crippen molar-refractivity contribution in [3.05, 3.63) is 36.0 Å². The molecule has 2 heterocycles. The summed E-state index contributed by atoms with van der Waals surface area (Å²) in [6, 6.07) is 8.41. The number of nitrogens with zero attached hydrogens (tertiary/aromatic N) is 4. The Morgan fingerprint density at radius 1 is 1.17 bits per heavy atom. The molecule has 1 saturated carbocycles. The first-order valence-corrected chi connectivity index (χ1v) is 9.18. The van der Waals surface area contributed by atoms with Crippen LogP contribution in [-0.4, -0.2) is 19.7 Å². The minimum Gasteiger partial charge on any atom is -0.440 e. The van der Waals surface area contributed by atoms with Crippen LogP contribution < -0.4 is 0 Å². The second kappa shape index (κ2) is 6.35. The van der Waals surface area contributed by atoms with Gasteiger partial charge in [0.1, 0.15) is 11.3 Å². The summed E-state index contributed by atoms with van der Waals surface area (Å²) in [5.41, 5.74) is 1.75. The van der Waals surface area contributed by atoms with Crippen LogP contribution in [-0.2, 0) is 5.75 Å². The third-order valence-corrected chi connectivity index (χ3v) is 5.37. The van der Waals surface area contributed by atoms with Gasteiger partial charge in [0.15, 0.2) is 10.7 Å². The highest BCUT2D eigenvalue weighted by atomic mass is 32.2. The molecule has 0 saturated heterocycles. The molecule has 0 atom stereocenters. The Kier molecular flexibility index (Phi) is 4.08. The number of hydrogen-bond acceptors (Lipinski definition) is 5. The van der Waals surface area contributed by atoms with Crippen LogP contribution >= 0.6 is 11.8 Å². The molecule has 1 aromatic carbocycles. The number of para-hydroxylation sites is 2. The van der Waals surface area contributed by atoms with Crippen LogP contribution in [0.4, 0.5) is 0 Å². The molecule has 0 spiro atoms. The maximum Gasteiger partial charge on any atom is 0.205 e. The number of fused-ring (bicyclic) bond motifs is 1. The summed E-state index contributed by atoms with van der Waals surface area (Å²) in [5.74, 6) is 2.43. The molecule has 0 amide bonds. The molecular weight excluding hydrogens is 308 g/mol. The minimum atomic E-state index is 0.546. The van der Waals surface area contributed by atoms with E-state index < -0.39 is 0 Å². The molecule has 0 aliphatic heterocycles. The fraction of sp³-hybridized carbons (Fsp3) is 0.471. The Hall–Kier alpha value is -1.82. The van der Waals surface area contributed by atoms with Crippen molar-refractivity contribution in [1.82, 2.24) is 19.7 Å². The highest BCUT2D eigenvalue weighted by molar-refractivity contribution is 7.98. The van der Waals surface area contributed by atoms with E-state index in [4.69, 9.17) is 4.42 Å². The monoisotopic (exact) mass is 328 g/mol. The van der Waals surface area contributed by atoms with Crippen molar-refractivity contribution in [1.29, 1.82) is 0 Å². The molecule has 5 nitrogen and oxygen atoms in total. The average Bonchev–Trinajstić information content (AvgIpc) is 3.16. The first kappa shape index (κ1) is 14.8. The van der Waals surface area contributed by atoms with Gasteiger partial charge in [-0.1, -0.05) is 43.2 Å². The molecule has 1 aliphatic rings. The van der Waals surface area contributed by atoms with Crippen molar-refractivity contribution in [3.8, 4) is 0 Å². The largest absolute Gasteiger partial charge is 0.440 e. The predicted octanol–water partition coefficient (Wildman–Crippen LogP) is 4.53. The lowest BCUT2D eigenvalue weighted by atomic mass is 9.95. The van der Waals surface area contributed by atoms with E-state index in [0.717, 1.165) is 28.0 Å². The van der Waals surface area contributed by atoms with Gasteiger partial charge in [-0.05, 0) is 31.9 Å². The Balaban J connectivity index is 1.52. The van der Waals surface area contributed by atoms with Crippen LogP contribution in [0.3, 0.4) is 0 Å². The Morgan fingerprint density at radius 3 is 2.83 bits per heavy atom. The fourth-order valence-electron chi connectivity index (χ4n) is 3.32. The lowest BCUT2D eigenvalue weighted by Gasteiger charge is -2.24. The topological polar surface area (TPSA) is 56.7 Å². The van der Waals surface area contributed by atoms with Gasteiger partial charge in [0.2, 0.25) is 5.89 Å². The molecule has 6 heteroatoms. The van der Waals surface area contributed by atoms with Crippen LogP contribution in [0.1, 0.15) is 49.9 Å². The number of aryl methyl sites for hydroxylation is 1. The first-order valence-electron chi connectivity index (χ1n) is 8.20. The SMILES string of the molecule is Cc1nnc(SCc2nc3ccccc3o2)n1C1CCCCC1. The Labute approximate surface area is 139 Å². The van der Waals surface area contributed by atoms with E-state index in [1.54, 1.807) is 11.8 Å². The number of aromatic nitrogens is 4. The average molecular weight is 328 g/mol. The van der Waals surface area contributed by atoms with E-state index in [0.29, 0.717) is 11.8 Å². The third kappa shape index (κ3) is 3.00. The van der Waals surface area contributed by atoms with Crippen LogP contribution in [0.15, 0.2) is 33.8 Å². The van der Waals surface area contributed by atoms with Crippen LogP contribution in [0.5, 0.6) is 0 Å². The number of benzene rings is 1. The second-order valence-electron chi connectivity index (χ2n) is 6.06. The highest BCUT2D eigenvalue weighted by Gasteiger charge is 2.21.